The van der Waals surface area contributed by atoms with E-state index in [0.29, 0.717) is 36.5 Å². The van der Waals surface area contributed by atoms with E-state index >= 15 is 0 Å². The monoisotopic (exact) mass is 320 g/mol. The maximum absolute atomic E-state index is 13.5. The Morgan fingerprint density at radius 1 is 1.04 bits per heavy atom. The minimum atomic E-state index is -0.822. The minimum Gasteiger partial charge on any atom is -0.486 e. The van der Waals surface area contributed by atoms with Crippen molar-refractivity contribution >= 4 is 17.3 Å². The van der Waals surface area contributed by atoms with Crippen molar-refractivity contribution in [1.82, 2.24) is 0 Å². The largest absolute Gasteiger partial charge is 0.486 e. The second kappa shape index (κ2) is 6.51. The molecule has 3 rings (SSSR count). The van der Waals surface area contributed by atoms with Gasteiger partial charge < -0.3 is 20.1 Å². The summed E-state index contributed by atoms with van der Waals surface area (Å²) in [5.41, 5.74) is 0.601. The molecule has 0 fully saturated rings. The van der Waals surface area contributed by atoms with Crippen LogP contribution in [0.2, 0.25) is 0 Å². The van der Waals surface area contributed by atoms with E-state index in [-0.39, 0.29) is 12.2 Å². The quantitative estimate of drug-likeness (QED) is 0.909. The number of benzene rings is 2. The van der Waals surface area contributed by atoms with Gasteiger partial charge in [0.1, 0.15) is 24.8 Å². The van der Waals surface area contributed by atoms with Crippen LogP contribution in [-0.2, 0) is 4.79 Å². The predicted molar refractivity (Wildman–Crippen MR) is 80.9 cm³/mol. The third-order valence-corrected chi connectivity index (χ3v) is 3.20. The highest BCUT2D eigenvalue weighted by molar-refractivity contribution is 5.93. The molecule has 2 aromatic rings. The van der Waals surface area contributed by atoms with Crippen molar-refractivity contribution in [3.63, 3.8) is 0 Å². The van der Waals surface area contributed by atoms with Crippen LogP contribution in [0.3, 0.4) is 0 Å². The summed E-state index contributed by atoms with van der Waals surface area (Å²) in [5, 5.41) is 5.27. The molecule has 120 valence electrons. The molecular formula is C16H14F2N2O3. The summed E-state index contributed by atoms with van der Waals surface area (Å²) in [5.74, 6) is -0.719. The molecule has 23 heavy (non-hydrogen) atoms. The molecule has 1 aliphatic rings. The Kier molecular flexibility index (Phi) is 4.27. The van der Waals surface area contributed by atoms with Crippen molar-refractivity contribution < 1.29 is 23.0 Å². The van der Waals surface area contributed by atoms with Crippen LogP contribution in [0.1, 0.15) is 0 Å². The molecule has 0 saturated heterocycles. The zero-order chi connectivity index (χ0) is 16.2. The maximum atomic E-state index is 13.5. The SMILES string of the molecule is O=C(CNc1ccc2c(c1)OCCO2)Nc1ccc(F)cc1F. The molecule has 7 heteroatoms. The highest BCUT2D eigenvalue weighted by atomic mass is 19.1. The van der Waals surface area contributed by atoms with Gasteiger partial charge in [-0.05, 0) is 24.3 Å². The van der Waals surface area contributed by atoms with Crippen molar-refractivity contribution in [2.75, 3.05) is 30.4 Å². The van der Waals surface area contributed by atoms with Gasteiger partial charge in [-0.1, -0.05) is 0 Å². The van der Waals surface area contributed by atoms with E-state index in [1.807, 2.05) is 0 Å². The molecule has 0 unspecified atom stereocenters. The van der Waals surface area contributed by atoms with Crippen molar-refractivity contribution in [3.8, 4) is 11.5 Å². The van der Waals surface area contributed by atoms with Gasteiger partial charge in [-0.15, -0.1) is 0 Å². The van der Waals surface area contributed by atoms with E-state index in [1.165, 1.54) is 6.07 Å². The first-order valence-corrected chi connectivity index (χ1v) is 7.00. The van der Waals surface area contributed by atoms with E-state index in [9.17, 15) is 13.6 Å². The molecule has 0 radical (unpaired) electrons. The Hall–Kier alpha value is -2.83. The molecule has 1 aliphatic heterocycles. The number of amides is 1. The maximum Gasteiger partial charge on any atom is 0.243 e. The molecule has 1 heterocycles. The average Bonchev–Trinajstić information content (AvgIpc) is 2.55. The first-order valence-electron chi connectivity index (χ1n) is 7.00. The highest BCUT2D eigenvalue weighted by Gasteiger charge is 2.12. The summed E-state index contributed by atoms with van der Waals surface area (Å²) in [6.07, 6.45) is 0. The van der Waals surface area contributed by atoms with E-state index in [4.69, 9.17) is 9.47 Å². The van der Waals surface area contributed by atoms with Crippen molar-refractivity contribution in [2.45, 2.75) is 0 Å². The Balaban J connectivity index is 1.58. The number of fused-ring (bicyclic) bond motifs is 1. The number of hydrogen-bond acceptors (Lipinski definition) is 4. The molecule has 0 atom stereocenters. The standard InChI is InChI=1S/C16H14F2N2O3/c17-10-1-3-13(12(18)7-10)20-16(21)9-19-11-2-4-14-15(8-11)23-6-5-22-14/h1-4,7-8,19H,5-6,9H2,(H,20,21). The molecule has 2 N–H and O–H groups in total. The number of halogens is 2. The number of nitrogens with one attached hydrogen (secondary N) is 2. The molecule has 0 saturated carbocycles. The average molecular weight is 320 g/mol. The predicted octanol–water partition coefficient (Wildman–Crippen LogP) is 2.79. The molecule has 0 spiro atoms. The second-order valence-electron chi connectivity index (χ2n) is 4.88. The van der Waals surface area contributed by atoms with Gasteiger partial charge in [0.2, 0.25) is 5.91 Å². The van der Waals surface area contributed by atoms with Crippen molar-refractivity contribution in [1.29, 1.82) is 0 Å². The third-order valence-electron chi connectivity index (χ3n) is 3.20. The number of hydrogen-bond donors (Lipinski definition) is 2. The van der Waals surface area contributed by atoms with Gasteiger partial charge in [0.25, 0.3) is 0 Å². The normalized spacial score (nSPS) is 12.6. The lowest BCUT2D eigenvalue weighted by atomic mass is 10.2. The lowest BCUT2D eigenvalue weighted by Crippen LogP contribution is -2.22. The number of anilines is 2. The highest BCUT2D eigenvalue weighted by Crippen LogP contribution is 2.32. The summed E-state index contributed by atoms with van der Waals surface area (Å²) in [4.78, 5) is 11.8. The van der Waals surface area contributed by atoms with Crippen LogP contribution in [0.5, 0.6) is 11.5 Å². The third kappa shape index (κ3) is 3.68. The zero-order valence-electron chi connectivity index (χ0n) is 12.1. The summed E-state index contributed by atoms with van der Waals surface area (Å²) in [6, 6.07) is 8.18. The van der Waals surface area contributed by atoms with Crippen LogP contribution in [0.4, 0.5) is 20.2 Å². The smallest absolute Gasteiger partial charge is 0.243 e. The summed E-state index contributed by atoms with van der Waals surface area (Å²) < 4.78 is 37.1. The van der Waals surface area contributed by atoms with Crippen LogP contribution < -0.4 is 20.1 Å². The fraction of sp³-hybridized carbons (Fsp3) is 0.188. The molecule has 0 aromatic heterocycles. The molecular weight excluding hydrogens is 306 g/mol. The molecule has 0 bridgehead atoms. The Morgan fingerprint density at radius 3 is 2.61 bits per heavy atom. The lowest BCUT2D eigenvalue weighted by Gasteiger charge is -2.19. The first kappa shape index (κ1) is 15.1. The zero-order valence-corrected chi connectivity index (χ0v) is 12.1. The Morgan fingerprint density at radius 2 is 1.83 bits per heavy atom. The van der Waals surface area contributed by atoms with Gasteiger partial charge in [0, 0.05) is 17.8 Å². The molecule has 0 aliphatic carbocycles. The van der Waals surface area contributed by atoms with Gasteiger partial charge in [0.15, 0.2) is 11.5 Å². The van der Waals surface area contributed by atoms with Crippen LogP contribution in [0.15, 0.2) is 36.4 Å². The molecule has 2 aromatic carbocycles. The van der Waals surface area contributed by atoms with Crippen molar-refractivity contribution in [2.24, 2.45) is 0 Å². The van der Waals surface area contributed by atoms with Gasteiger partial charge in [-0.2, -0.15) is 0 Å². The van der Waals surface area contributed by atoms with Crippen molar-refractivity contribution in [3.05, 3.63) is 48.0 Å². The topological polar surface area (TPSA) is 59.6 Å². The van der Waals surface area contributed by atoms with E-state index in [1.54, 1.807) is 18.2 Å². The lowest BCUT2D eigenvalue weighted by molar-refractivity contribution is -0.114. The Bertz CT molecular complexity index is 737. The number of carbonyl (C=O) groups excluding carboxylic acids is 1. The van der Waals surface area contributed by atoms with Crippen LogP contribution in [-0.4, -0.2) is 25.7 Å². The fourth-order valence-corrected chi connectivity index (χ4v) is 2.12. The first-order chi connectivity index (χ1) is 11.1. The summed E-state index contributed by atoms with van der Waals surface area (Å²) in [7, 11) is 0. The van der Waals surface area contributed by atoms with Crippen LogP contribution in [0.25, 0.3) is 0 Å². The Labute approximate surface area is 131 Å². The van der Waals surface area contributed by atoms with Crippen LogP contribution >= 0.6 is 0 Å². The second-order valence-corrected chi connectivity index (χ2v) is 4.88. The summed E-state index contributed by atoms with van der Waals surface area (Å²) in [6.45, 7) is 0.905. The fourth-order valence-electron chi connectivity index (χ4n) is 2.12. The molecule has 5 nitrogen and oxygen atoms in total. The van der Waals surface area contributed by atoms with Gasteiger partial charge >= 0.3 is 0 Å². The van der Waals surface area contributed by atoms with Gasteiger partial charge in [0.05, 0.1) is 12.2 Å². The van der Waals surface area contributed by atoms with E-state index in [2.05, 4.69) is 10.6 Å². The number of ether oxygens (including phenoxy) is 2. The van der Waals surface area contributed by atoms with Crippen LogP contribution in [0, 0.1) is 11.6 Å². The minimum absolute atomic E-state index is 0.0691. The van der Waals surface area contributed by atoms with E-state index < -0.39 is 17.5 Å². The van der Waals surface area contributed by atoms with Gasteiger partial charge in [-0.3, -0.25) is 4.79 Å². The number of rotatable bonds is 4. The van der Waals surface area contributed by atoms with E-state index in [0.717, 1.165) is 6.07 Å². The van der Waals surface area contributed by atoms with Gasteiger partial charge in [-0.25, -0.2) is 8.78 Å². The number of carbonyl (C=O) groups is 1. The summed E-state index contributed by atoms with van der Waals surface area (Å²) >= 11 is 0. The molecule has 1 amide bonds.